The summed E-state index contributed by atoms with van der Waals surface area (Å²) < 4.78 is 0.220. The summed E-state index contributed by atoms with van der Waals surface area (Å²) in [4.78, 5) is 35.2. The van der Waals surface area contributed by atoms with E-state index in [-0.39, 0.29) is 10.4 Å². The second-order valence-corrected chi connectivity index (χ2v) is 6.03. The maximum atomic E-state index is 11.9. The fraction of sp³-hybridized carbons (Fsp3) is 0.231. The molecule has 0 unspecified atom stereocenters. The van der Waals surface area contributed by atoms with Crippen LogP contribution in [-0.4, -0.2) is 27.2 Å². The molecule has 1 aromatic carbocycles. The van der Waals surface area contributed by atoms with Gasteiger partial charge in [-0.25, -0.2) is 0 Å². The highest BCUT2D eigenvalue weighted by molar-refractivity contribution is 8.25. The van der Waals surface area contributed by atoms with Crippen LogP contribution in [0.4, 0.5) is 0 Å². The Labute approximate surface area is 125 Å². The number of ketones is 1. The Kier molecular flexibility index (Phi) is 4.51. The van der Waals surface area contributed by atoms with Crippen molar-refractivity contribution in [1.82, 2.24) is 10.6 Å². The summed E-state index contributed by atoms with van der Waals surface area (Å²) in [6, 6.07) is 8.94. The van der Waals surface area contributed by atoms with Crippen LogP contribution in [0, 0.1) is 0 Å². The number of hydrogen-bond donors (Lipinski definition) is 2. The van der Waals surface area contributed by atoms with Gasteiger partial charge in [0.05, 0.1) is 6.04 Å². The first-order valence-corrected chi connectivity index (χ1v) is 7.19. The number of Topliss-reactive ketones (excluding diaryl/α,β-unsaturated/α-hetero) is 1. The van der Waals surface area contributed by atoms with E-state index in [9.17, 15) is 14.4 Å². The van der Waals surface area contributed by atoms with Crippen molar-refractivity contribution < 1.29 is 14.4 Å². The van der Waals surface area contributed by atoms with E-state index in [0.717, 1.165) is 17.3 Å². The number of thioether (sulfide) groups is 1. The molecule has 5 nitrogen and oxygen atoms in total. The van der Waals surface area contributed by atoms with Gasteiger partial charge < -0.3 is 10.6 Å². The monoisotopic (exact) mass is 308 g/mol. The molecule has 0 radical (unpaired) electrons. The highest BCUT2D eigenvalue weighted by Gasteiger charge is 2.38. The molecule has 104 valence electrons. The average molecular weight is 308 g/mol. The topological polar surface area (TPSA) is 75.3 Å². The first-order valence-electron chi connectivity index (χ1n) is 5.90. The largest absolute Gasteiger partial charge is 0.343 e. The van der Waals surface area contributed by atoms with Crippen molar-refractivity contribution in [3.8, 4) is 0 Å². The lowest BCUT2D eigenvalue weighted by Gasteiger charge is -2.14. The summed E-state index contributed by atoms with van der Waals surface area (Å²) in [5, 5.41) is 3.85. The molecule has 2 N–H and O–H groups in total. The van der Waals surface area contributed by atoms with Gasteiger partial charge in [-0.3, -0.25) is 14.4 Å². The van der Waals surface area contributed by atoms with Crippen molar-refractivity contribution in [2.24, 2.45) is 0 Å². The maximum Gasteiger partial charge on any atom is 0.289 e. The predicted octanol–water partition coefficient (Wildman–Crippen LogP) is 0.949. The Morgan fingerprint density at radius 3 is 2.55 bits per heavy atom. The van der Waals surface area contributed by atoms with Crippen LogP contribution in [0.15, 0.2) is 30.3 Å². The quantitative estimate of drug-likeness (QED) is 0.492. The molecule has 1 aliphatic heterocycles. The number of carbonyl (C=O) groups is 3. The van der Waals surface area contributed by atoms with Crippen LogP contribution in [0.2, 0.25) is 0 Å². The summed E-state index contributed by atoms with van der Waals surface area (Å²) >= 11 is 5.68. The molecule has 0 aromatic heterocycles. The summed E-state index contributed by atoms with van der Waals surface area (Å²) in [5.41, 5.74) is 0.882. The Morgan fingerprint density at radius 2 is 2.00 bits per heavy atom. The Hall–Kier alpha value is -1.73. The van der Waals surface area contributed by atoms with Crippen molar-refractivity contribution >= 4 is 45.9 Å². The van der Waals surface area contributed by atoms with E-state index < -0.39 is 22.8 Å². The van der Waals surface area contributed by atoms with Crippen molar-refractivity contribution in [3.05, 3.63) is 35.9 Å². The molecule has 1 heterocycles. The summed E-state index contributed by atoms with van der Waals surface area (Å²) in [7, 11) is 0. The number of carbonyl (C=O) groups excluding carboxylic acids is 3. The van der Waals surface area contributed by atoms with Crippen LogP contribution in [-0.2, 0) is 14.4 Å². The first kappa shape index (κ1) is 14.7. The van der Waals surface area contributed by atoms with E-state index in [2.05, 4.69) is 10.6 Å². The van der Waals surface area contributed by atoms with E-state index in [1.807, 2.05) is 30.3 Å². The lowest BCUT2D eigenvalue weighted by molar-refractivity contribution is -0.139. The van der Waals surface area contributed by atoms with Crippen molar-refractivity contribution in [1.29, 1.82) is 0 Å². The Morgan fingerprint density at radius 1 is 1.35 bits per heavy atom. The molecule has 0 saturated carbocycles. The van der Waals surface area contributed by atoms with Gasteiger partial charge in [0.15, 0.2) is 5.25 Å². The molecular weight excluding hydrogens is 296 g/mol. The van der Waals surface area contributed by atoms with Gasteiger partial charge in [0.2, 0.25) is 11.7 Å². The van der Waals surface area contributed by atoms with E-state index in [1.54, 1.807) is 6.92 Å². The third kappa shape index (κ3) is 3.23. The van der Waals surface area contributed by atoms with Crippen molar-refractivity contribution in [3.63, 3.8) is 0 Å². The lowest BCUT2D eigenvalue weighted by Crippen LogP contribution is -2.41. The number of amides is 2. The third-order valence-electron chi connectivity index (χ3n) is 2.80. The zero-order valence-corrected chi connectivity index (χ0v) is 12.2. The zero-order chi connectivity index (χ0) is 14.7. The molecule has 20 heavy (non-hydrogen) atoms. The molecule has 0 spiro atoms. The van der Waals surface area contributed by atoms with Crippen molar-refractivity contribution in [2.45, 2.75) is 18.2 Å². The molecule has 2 atom stereocenters. The minimum absolute atomic E-state index is 0.220. The van der Waals surface area contributed by atoms with Crippen LogP contribution < -0.4 is 10.6 Å². The minimum atomic E-state index is -1.08. The summed E-state index contributed by atoms with van der Waals surface area (Å²) in [5.74, 6) is -2.10. The molecular formula is C13H12N2O3S2. The fourth-order valence-corrected chi connectivity index (χ4v) is 2.88. The second-order valence-electron chi connectivity index (χ2n) is 4.24. The molecule has 1 fully saturated rings. The molecule has 2 amide bonds. The van der Waals surface area contributed by atoms with Gasteiger partial charge in [-0.05, 0) is 12.5 Å². The maximum absolute atomic E-state index is 11.9. The standard InChI is InChI=1S/C13H12N2O3S2/c1-7(8-5-3-2-4-6-8)14-11(17)9(16)10-12(18)15-13(19)20-10/h2-7,10H,1H3,(H,14,17)(H,15,18,19)/t7-,10+/m0/s1. The van der Waals surface area contributed by atoms with Crippen LogP contribution in [0.25, 0.3) is 0 Å². The first-order chi connectivity index (χ1) is 9.49. The minimum Gasteiger partial charge on any atom is -0.343 e. The summed E-state index contributed by atoms with van der Waals surface area (Å²) in [6.45, 7) is 1.77. The normalized spacial score (nSPS) is 19.4. The van der Waals surface area contributed by atoms with E-state index in [4.69, 9.17) is 12.2 Å². The molecule has 0 aliphatic carbocycles. The van der Waals surface area contributed by atoms with E-state index >= 15 is 0 Å². The van der Waals surface area contributed by atoms with Gasteiger partial charge in [0, 0.05) is 0 Å². The second kappa shape index (κ2) is 6.15. The molecule has 1 aromatic rings. The van der Waals surface area contributed by atoms with Crippen molar-refractivity contribution in [2.75, 3.05) is 0 Å². The number of thiocarbonyl (C=S) groups is 1. The number of benzene rings is 1. The van der Waals surface area contributed by atoms with Gasteiger partial charge in [-0.15, -0.1) is 0 Å². The molecule has 7 heteroatoms. The predicted molar refractivity (Wildman–Crippen MR) is 80.1 cm³/mol. The number of nitrogens with one attached hydrogen (secondary N) is 2. The SMILES string of the molecule is C[C@H](NC(=O)C(=O)[C@H]1SC(=S)NC1=O)c1ccccc1. The van der Waals surface area contributed by atoms with Gasteiger partial charge >= 0.3 is 0 Å². The highest BCUT2D eigenvalue weighted by atomic mass is 32.2. The van der Waals surface area contributed by atoms with Gasteiger partial charge in [0.1, 0.15) is 4.32 Å². The van der Waals surface area contributed by atoms with E-state index in [0.29, 0.717) is 0 Å². The smallest absolute Gasteiger partial charge is 0.289 e. The zero-order valence-electron chi connectivity index (χ0n) is 10.6. The molecule has 0 bridgehead atoms. The average Bonchev–Trinajstić information content (AvgIpc) is 2.77. The highest BCUT2D eigenvalue weighted by Crippen LogP contribution is 2.20. The van der Waals surface area contributed by atoms with Gasteiger partial charge in [-0.1, -0.05) is 54.3 Å². The molecule has 1 aliphatic rings. The third-order valence-corrected chi connectivity index (χ3v) is 4.17. The lowest BCUT2D eigenvalue weighted by atomic mass is 10.1. The number of hydrogen-bond acceptors (Lipinski definition) is 5. The van der Waals surface area contributed by atoms with Gasteiger partial charge in [0.25, 0.3) is 5.91 Å². The Balaban J connectivity index is 2.00. The fourth-order valence-electron chi connectivity index (χ4n) is 1.74. The van der Waals surface area contributed by atoms with Gasteiger partial charge in [-0.2, -0.15) is 0 Å². The van der Waals surface area contributed by atoms with Crippen LogP contribution in [0.3, 0.4) is 0 Å². The van der Waals surface area contributed by atoms with Crippen LogP contribution >= 0.6 is 24.0 Å². The molecule has 2 rings (SSSR count). The number of rotatable bonds is 4. The Bertz CT molecular complexity index is 574. The summed E-state index contributed by atoms with van der Waals surface area (Å²) in [6.07, 6.45) is 0. The van der Waals surface area contributed by atoms with E-state index in [1.165, 1.54) is 0 Å². The van der Waals surface area contributed by atoms with Crippen LogP contribution in [0.1, 0.15) is 18.5 Å². The molecule has 1 saturated heterocycles. The van der Waals surface area contributed by atoms with Crippen LogP contribution in [0.5, 0.6) is 0 Å².